The van der Waals surface area contributed by atoms with Gasteiger partial charge in [-0.2, -0.15) is 0 Å². The van der Waals surface area contributed by atoms with E-state index in [1.165, 1.54) is 30.3 Å². The van der Waals surface area contributed by atoms with E-state index in [0.29, 0.717) is 6.29 Å². The lowest BCUT2D eigenvalue weighted by molar-refractivity contribution is 0.109. The Labute approximate surface area is 113 Å². The van der Waals surface area contributed by atoms with Crippen molar-refractivity contribution >= 4 is 39.3 Å². The molecule has 7 heteroatoms. The van der Waals surface area contributed by atoms with Gasteiger partial charge in [-0.3, -0.25) is 4.79 Å². The smallest absolute Gasteiger partial charge is 0.239 e. The van der Waals surface area contributed by atoms with Crippen LogP contribution in [0.3, 0.4) is 0 Å². The van der Waals surface area contributed by atoms with Gasteiger partial charge in [0.1, 0.15) is 0 Å². The van der Waals surface area contributed by atoms with Gasteiger partial charge in [0.2, 0.25) is 14.9 Å². The molecule has 94 valence electrons. The zero-order valence-electron chi connectivity index (χ0n) is 8.76. The minimum Gasteiger partial charge on any atom is -0.442 e. The van der Waals surface area contributed by atoms with Crippen LogP contribution in [0.5, 0.6) is 0 Å². The highest BCUT2D eigenvalue weighted by atomic mass is 35.5. The number of aldehydes is 1. The standard InChI is InChI=1S/C11H6Cl2O4S/c12-7-3-8(13)5-10(4-7)18(15,16)11-2-1-9(6-14)17-11/h1-6H. The molecule has 1 heterocycles. The van der Waals surface area contributed by atoms with Crippen molar-refractivity contribution in [2.24, 2.45) is 0 Å². The molecule has 0 saturated carbocycles. The summed E-state index contributed by atoms with van der Waals surface area (Å²) >= 11 is 11.5. The molecule has 2 rings (SSSR count). The van der Waals surface area contributed by atoms with Crippen molar-refractivity contribution in [3.8, 4) is 0 Å². The van der Waals surface area contributed by atoms with E-state index in [4.69, 9.17) is 27.6 Å². The molecule has 0 fully saturated rings. The molecule has 0 atom stereocenters. The van der Waals surface area contributed by atoms with E-state index in [0.717, 1.165) is 0 Å². The van der Waals surface area contributed by atoms with Crippen LogP contribution in [-0.4, -0.2) is 14.7 Å². The van der Waals surface area contributed by atoms with Crippen molar-refractivity contribution in [2.75, 3.05) is 0 Å². The van der Waals surface area contributed by atoms with Gasteiger partial charge < -0.3 is 4.42 Å². The average molecular weight is 305 g/mol. The maximum atomic E-state index is 12.1. The lowest BCUT2D eigenvalue weighted by Crippen LogP contribution is -2.00. The molecule has 0 spiro atoms. The van der Waals surface area contributed by atoms with Gasteiger partial charge in [0.05, 0.1) is 4.90 Å². The van der Waals surface area contributed by atoms with Gasteiger partial charge in [-0.25, -0.2) is 8.42 Å². The Balaban J connectivity index is 2.57. The number of carbonyl (C=O) groups is 1. The maximum Gasteiger partial charge on any atom is 0.239 e. The van der Waals surface area contributed by atoms with Crippen molar-refractivity contribution in [1.82, 2.24) is 0 Å². The van der Waals surface area contributed by atoms with E-state index in [-0.39, 0.29) is 25.8 Å². The van der Waals surface area contributed by atoms with E-state index >= 15 is 0 Å². The van der Waals surface area contributed by atoms with Crippen molar-refractivity contribution in [1.29, 1.82) is 0 Å². The number of rotatable bonds is 3. The Bertz CT molecular complexity index is 683. The molecule has 0 aliphatic carbocycles. The van der Waals surface area contributed by atoms with Gasteiger partial charge in [0, 0.05) is 10.0 Å². The summed E-state index contributed by atoms with van der Waals surface area (Å²) in [5, 5.41) is 0.0643. The molecular formula is C11H6Cl2O4S. The Morgan fingerprint density at radius 2 is 1.67 bits per heavy atom. The summed E-state index contributed by atoms with van der Waals surface area (Å²) < 4.78 is 29.2. The van der Waals surface area contributed by atoms with Gasteiger partial charge in [-0.05, 0) is 30.3 Å². The van der Waals surface area contributed by atoms with Gasteiger partial charge in [0.25, 0.3) is 0 Å². The fourth-order valence-electron chi connectivity index (χ4n) is 1.34. The number of furan rings is 1. The number of halogens is 2. The normalized spacial score (nSPS) is 11.4. The molecule has 0 radical (unpaired) electrons. The molecule has 18 heavy (non-hydrogen) atoms. The van der Waals surface area contributed by atoms with Crippen molar-refractivity contribution in [3.63, 3.8) is 0 Å². The number of sulfone groups is 1. The van der Waals surface area contributed by atoms with Gasteiger partial charge in [-0.1, -0.05) is 23.2 Å². The van der Waals surface area contributed by atoms with Crippen LogP contribution in [-0.2, 0) is 9.84 Å². The molecule has 2 aromatic rings. The largest absolute Gasteiger partial charge is 0.442 e. The predicted octanol–water partition coefficient (Wildman–Crippen LogP) is 3.23. The molecular weight excluding hydrogens is 299 g/mol. The fourth-order valence-corrected chi connectivity index (χ4v) is 3.25. The van der Waals surface area contributed by atoms with Crippen LogP contribution in [0.1, 0.15) is 10.6 Å². The summed E-state index contributed by atoms with van der Waals surface area (Å²) in [7, 11) is -3.87. The maximum absolute atomic E-state index is 12.1. The Kier molecular flexibility index (Phi) is 3.47. The zero-order chi connectivity index (χ0) is 13.3. The second-order valence-corrected chi connectivity index (χ2v) is 6.14. The molecule has 0 saturated heterocycles. The predicted molar refractivity (Wildman–Crippen MR) is 66.0 cm³/mol. The van der Waals surface area contributed by atoms with Crippen LogP contribution in [0.25, 0.3) is 0 Å². The number of hydrogen-bond acceptors (Lipinski definition) is 4. The highest BCUT2D eigenvalue weighted by Gasteiger charge is 2.22. The molecule has 0 N–H and O–H groups in total. The molecule has 0 aliphatic rings. The lowest BCUT2D eigenvalue weighted by atomic mass is 10.4. The first-order valence-electron chi connectivity index (χ1n) is 4.69. The van der Waals surface area contributed by atoms with E-state index in [9.17, 15) is 13.2 Å². The second kappa shape index (κ2) is 4.76. The molecule has 1 aromatic carbocycles. The van der Waals surface area contributed by atoms with Crippen LogP contribution in [0.2, 0.25) is 10.0 Å². The first-order valence-corrected chi connectivity index (χ1v) is 6.93. The molecule has 4 nitrogen and oxygen atoms in total. The summed E-state index contributed by atoms with van der Waals surface area (Å²) in [6.45, 7) is 0. The Morgan fingerprint density at radius 3 is 2.17 bits per heavy atom. The van der Waals surface area contributed by atoms with E-state index in [1.807, 2.05) is 0 Å². The van der Waals surface area contributed by atoms with Crippen LogP contribution in [0.15, 0.2) is 44.7 Å². The van der Waals surface area contributed by atoms with Gasteiger partial charge in [-0.15, -0.1) is 0 Å². The quantitative estimate of drug-likeness (QED) is 0.817. The van der Waals surface area contributed by atoms with E-state index in [1.54, 1.807) is 0 Å². The minimum atomic E-state index is -3.87. The first kappa shape index (κ1) is 13.1. The highest BCUT2D eigenvalue weighted by Crippen LogP contribution is 2.27. The van der Waals surface area contributed by atoms with E-state index < -0.39 is 9.84 Å². The molecule has 0 bridgehead atoms. The molecule has 1 aromatic heterocycles. The van der Waals surface area contributed by atoms with E-state index in [2.05, 4.69) is 0 Å². The monoisotopic (exact) mass is 304 g/mol. The summed E-state index contributed by atoms with van der Waals surface area (Å²) in [6, 6.07) is 6.40. The summed E-state index contributed by atoms with van der Waals surface area (Å²) in [5.41, 5.74) is 0. The Morgan fingerprint density at radius 1 is 1.06 bits per heavy atom. The van der Waals surface area contributed by atoms with Crippen molar-refractivity contribution in [3.05, 3.63) is 46.1 Å². The molecule has 0 amide bonds. The molecule has 0 unspecified atom stereocenters. The third-order valence-corrected chi connectivity index (χ3v) is 4.17. The Hall–Kier alpha value is -1.30. The van der Waals surface area contributed by atoms with Crippen LogP contribution >= 0.6 is 23.2 Å². The van der Waals surface area contributed by atoms with Crippen LogP contribution < -0.4 is 0 Å². The number of carbonyl (C=O) groups excluding carboxylic acids is 1. The topological polar surface area (TPSA) is 64.3 Å². The highest BCUT2D eigenvalue weighted by molar-refractivity contribution is 7.91. The van der Waals surface area contributed by atoms with Gasteiger partial charge in [0.15, 0.2) is 12.0 Å². The van der Waals surface area contributed by atoms with Crippen molar-refractivity contribution in [2.45, 2.75) is 9.99 Å². The zero-order valence-corrected chi connectivity index (χ0v) is 11.1. The SMILES string of the molecule is O=Cc1ccc(S(=O)(=O)c2cc(Cl)cc(Cl)c2)o1. The summed E-state index contributed by atoms with van der Waals surface area (Å²) in [6.07, 6.45) is 0.421. The summed E-state index contributed by atoms with van der Waals surface area (Å²) in [4.78, 5) is 10.4. The molecule has 0 aliphatic heterocycles. The van der Waals surface area contributed by atoms with Crippen molar-refractivity contribution < 1.29 is 17.6 Å². The lowest BCUT2D eigenvalue weighted by Gasteiger charge is -2.02. The summed E-state index contributed by atoms with van der Waals surface area (Å²) in [5.74, 6) is -0.0679. The fraction of sp³-hybridized carbons (Fsp3) is 0. The number of hydrogen-bond donors (Lipinski definition) is 0. The van der Waals surface area contributed by atoms with Crippen LogP contribution in [0, 0.1) is 0 Å². The minimum absolute atomic E-state index is 0.0679. The van der Waals surface area contributed by atoms with Gasteiger partial charge >= 0.3 is 0 Å². The third kappa shape index (κ3) is 2.43. The van der Waals surface area contributed by atoms with Crippen LogP contribution in [0.4, 0.5) is 0 Å². The third-order valence-electron chi connectivity index (χ3n) is 2.13. The average Bonchev–Trinajstić information content (AvgIpc) is 2.76. The second-order valence-electron chi connectivity index (χ2n) is 3.38. The first-order chi connectivity index (χ1) is 8.43. The number of benzene rings is 1.